The van der Waals surface area contributed by atoms with E-state index in [4.69, 9.17) is 17.2 Å². The second-order valence-corrected chi connectivity index (χ2v) is 8.74. The number of anilines is 2. The number of carbonyl (C=O) groups excluding carboxylic acids is 1. The molecular formula is C21H27N7O. The summed E-state index contributed by atoms with van der Waals surface area (Å²) in [6.07, 6.45) is 8.53. The Morgan fingerprint density at radius 3 is 2.59 bits per heavy atom. The van der Waals surface area contributed by atoms with Gasteiger partial charge in [0.1, 0.15) is 0 Å². The third-order valence-electron chi connectivity index (χ3n) is 6.61. The first-order valence-electron chi connectivity index (χ1n) is 9.68. The lowest BCUT2D eigenvalue weighted by Crippen LogP contribution is -2.51. The number of nitrogens with two attached hydrogens (primary N) is 3. The average molecular weight is 393 g/mol. The first kappa shape index (κ1) is 19.2. The number of fused-ring (bicyclic) bond motifs is 1. The highest BCUT2D eigenvalue weighted by molar-refractivity contribution is 6.02. The molecule has 152 valence electrons. The van der Waals surface area contributed by atoms with Crippen LogP contribution < -0.4 is 22.5 Å². The smallest absolute Gasteiger partial charge is 0.252 e. The number of aromatic nitrogens is 3. The number of nitrogens with zero attached hydrogens (tertiary/aromatic N) is 3. The molecule has 0 bridgehead atoms. The van der Waals surface area contributed by atoms with E-state index < -0.39 is 5.91 Å². The number of nitrogens with one attached hydrogen (secondary N) is 1. The minimum Gasteiger partial charge on any atom is -0.397 e. The highest BCUT2D eigenvalue weighted by Gasteiger charge is 2.49. The second-order valence-electron chi connectivity index (χ2n) is 8.74. The molecule has 8 heteroatoms. The fourth-order valence-corrected chi connectivity index (χ4v) is 4.12. The molecule has 8 nitrogen and oxygen atoms in total. The van der Waals surface area contributed by atoms with Crippen LogP contribution in [0.25, 0.3) is 16.6 Å². The van der Waals surface area contributed by atoms with Crippen molar-refractivity contribution in [3.63, 3.8) is 0 Å². The minimum absolute atomic E-state index is 0.0918. The summed E-state index contributed by atoms with van der Waals surface area (Å²) in [6, 6.07) is 3.90. The van der Waals surface area contributed by atoms with Gasteiger partial charge in [-0.1, -0.05) is 13.8 Å². The van der Waals surface area contributed by atoms with Gasteiger partial charge in [0.2, 0.25) is 0 Å². The zero-order chi connectivity index (χ0) is 21.0. The Hall–Kier alpha value is -3.13. The van der Waals surface area contributed by atoms with Gasteiger partial charge in [-0.3, -0.25) is 9.78 Å². The fraction of sp³-hybridized carbons (Fsp3) is 0.381. The maximum absolute atomic E-state index is 12.1. The number of hydrogen-bond acceptors (Lipinski definition) is 6. The van der Waals surface area contributed by atoms with Crippen LogP contribution in [0.3, 0.4) is 0 Å². The average Bonchev–Trinajstić information content (AvgIpc) is 3.16. The number of carbonyl (C=O) groups is 1. The molecule has 2 atom stereocenters. The molecule has 1 aliphatic rings. The molecule has 29 heavy (non-hydrogen) atoms. The van der Waals surface area contributed by atoms with Gasteiger partial charge in [0.15, 0.2) is 0 Å². The number of rotatable bonds is 4. The highest BCUT2D eigenvalue weighted by atomic mass is 16.1. The number of primary amides is 1. The summed E-state index contributed by atoms with van der Waals surface area (Å²) in [7, 11) is 0. The van der Waals surface area contributed by atoms with Crippen LogP contribution in [0.4, 0.5) is 11.4 Å². The normalized spacial score (nSPS) is 23.4. The van der Waals surface area contributed by atoms with Crippen LogP contribution in [0.2, 0.25) is 0 Å². The predicted octanol–water partition coefficient (Wildman–Crippen LogP) is 2.40. The van der Waals surface area contributed by atoms with Gasteiger partial charge in [-0.2, -0.15) is 5.10 Å². The van der Waals surface area contributed by atoms with E-state index in [0.29, 0.717) is 16.9 Å². The molecule has 1 saturated carbocycles. The van der Waals surface area contributed by atoms with Crippen molar-refractivity contribution in [3.8, 4) is 11.1 Å². The predicted molar refractivity (Wildman–Crippen MR) is 114 cm³/mol. The zero-order valence-electron chi connectivity index (χ0n) is 16.9. The Balaban J connectivity index is 1.83. The van der Waals surface area contributed by atoms with E-state index in [1.54, 1.807) is 16.9 Å². The van der Waals surface area contributed by atoms with Gasteiger partial charge in [-0.05, 0) is 31.9 Å². The lowest BCUT2D eigenvalue weighted by Gasteiger charge is -2.39. The maximum Gasteiger partial charge on any atom is 0.252 e. The number of pyridine rings is 1. The molecule has 1 amide bonds. The summed E-state index contributed by atoms with van der Waals surface area (Å²) in [5.41, 5.74) is 21.7. The number of nitrogen functional groups attached to an aromatic ring is 1. The summed E-state index contributed by atoms with van der Waals surface area (Å²) >= 11 is 0. The SMILES string of the molecule is CC1(C)[C@H](Nc2c(C(N)=O)cnn3cc(-c4cncc(N)c4)cc23)CC[C@]1(C)N. The third kappa shape index (κ3) is 3.09. The van der Waals surface area contributed by atoms with E-state index >= 15 is 0 Å². The molecule has 0 aromatic carbocycles. The van der Waals surface area contributed by atoms with Crippen LogP contribution in [0.1, 0.15) is 44.0 Å². The summed E-state index contributed by atoms with van der Waals surface area (Å²) in [4.78, 5) is 16.3. The molecule has 1 aliphatic carbocycles. The van der Waals surface area contributed by atoms with Crippen LogP contribution in [0.15, 0.2) is 36.9 Å². The molecule has 7 N–H and O–H groups in total. The molecule has 0 unspecified atom stereocenters. The van der Waals surface area contributed by atoms with Crippen LogP contribution >= 0.6 is 0 Å². The van der Waals surface area contributed by atoms with Crippen LogP contribution in [-0.4, -0.2) is 32.1 Å². The Morgan fingerprint density at radius 2 is 1.97 bits per heavy atom. The van der Waals surface area contributed by atoms with Crippen molar-refractivity contribution in [1.29, 1.82) is 0 Å². The lowest BCUT2D eigenvalue weighted by molar-refractivity contribution is 0.100. The Bertz CT molecular complexity index is 1100. The number of hydrogen-bond donors (Lipinski definition) is 4. The van der Waals surface area contributed by atoms with Crippen LogP contribution in [-0.2, 0) is 0 Å². The largest absolute Gasteiger partial charge is 0.397 e. The lowest BCUT2D eigenvalue weighted by atomic mass is 9.75. The zero-order valence-corrected chi connectivity index (χ0v) is 16.9. The minimum atomic E-state index is -0.526. The maximum atomic E-state index is 12.1. The van der Waals surface area contributed by atoms with Crippen molar-refractivity contribution < 1.29 is 4.79 Å². The molecule has 0 spiro atoms. The third-order valence-corrected chi connectivity index (χ3v) is 6.61. The first-order chi connectivity index (χ1) is 13.6. The summed E-state index contributed by atoms with van der Waals surface area (Å²) in [5, 5.41) is 7.94. The van der Waals surface area contributed by atoms with Gasteiger partial charge in [0, 0.05) is 46.7 Å². The second kappa shape index (κ2) is 6.45. The molecular weight excluding hydrogens is 366 g/mol. The quantitative estimate of drug-likeness (QED) is 0.537. The summed E-state index contributed by atoms with van der Waals surface area (Å²) < 4.78 is 1.73. The Labute approximate surface area is 169 Å². The summed E-state index contributed by atoms with van der Waals surface area (Å²) in [5.74, 6) is -0.526. The molecule has 0 aliphatic heterocycles. The molecule has 4 rings (SSSR count). The standard InChI is InChI=1S/C21H27N7O/c1-20(2)17(4-5-21(20,3)24)27-18-15(19(23)29)10-26-28-11-13(7-16(18)28)12-6-14(22)9-25-8-12/h6-11,17,27H,4-5,22,24H2,1-3H3,(H2,23,29)/t17-,21+/m1/s1. The van der Waals surface area contributed by atoms with Crippen molar-refractivity contribution in [2.24, 2.45) is 16.9 Å². The fourth-order valence-electron chi connectivity index (χ4n) is 4.12. The highest BCUT2D eigenvalue weighted by Crippen LogP contribution is 2.46. The molecule has 0 saturated heterocycles. The summed E-state index contributed by atoms with van der Waals surface area (Å²) in [6.45, 7) is 6.39. The van der Waals surface area contributed by atoms with Gasteiger partial charge >= 0.3 is 0 Å². The molecule has 3 aromatic rings. The topological polar surface area (TPSA) is 137 Å². The van der Waals surface area contributed by atoms with Crippen molar-refractivity contribution in [1.82, 2.24) is 14.6 Å². The Morgan fingerprint density at radius 1 is 1.21 bits per heavy atom. The van der Waals surface area contributed by atoms with Crippen LogP contribution in [0, 0.1) is 5.41 Å². The molecule has 3 aromatic heterocycles. The van der Waals surface area contributed by atoms with Gasteiger partial charge in [-0.25, -0.2) is 4.52 Å². The van der Waals surface area contributed by atoms with Crippen molar-refractivity contribution in [2.45, 2.75) is 45.2 Å². The van der Waals surface area contributed by atoms with Crippen molar-refractivity contribution in [2.75, 3.05) is 11.1 Å². The van der Waals surface area contributed by atoms with Gasteiger partial charge < -0.3 is 22.5 Å². The van der Waals surface area contributed by atoms with E-state index in [2.05, 4.69) is 36.2 Å². The van der Waals surface area contributed by atoms with E-state index in [1.165, 1.54) is 6.20 Å². The van der Waals surface area contributed by atoms with Crippen molar-refractivity contribution >= 4 is 22.8 Å². The van der Waals surface area contributed by atoms with Crippen molar-refractivity contribution in [3.05, 3.63) is 42.5 Å². The van der Waals surface area contributed by atoms with Gasteiger partial charge in [0.25, 0.3) is 5.91 Å². The van der Waals surface area contributed by atoms with E-state index in [1.807, 2.05) is 18.3 Å². The Kier molecular flexibility index (Phi) is 4.27. The number of amides is 1. The molecule has 0 radical (unpaired) electrons. The monoisotopic (exact) mass is 393 g/mol. The van der Waals surface area contributed by atoms with Gasteiger partial charge in [-0.15, -0.1) is 0 Å². The van der Waals surface area contributed by atoms with E-state index in [0.717, 1.165) is 29.5 Å². The van der Waals surface area contributed by atoms with Crippen LogP contribution in [0.5, 0.6) is 0 Å². The van der Waals surface area contributed by atoms with E-state index in [-0.39, 0.29) is 17.0 Å². The van der Waals surface area contributed by atoms with Gasteiger partial charge in [0.05, 0.1) is 28.7 Å². The first-order valence-corrected chi connectivity index (χ1v) is 9.68. The molecule has 3 heterocycles. The molecule has 1 fully saturated rings. The van der Waals surface area contributed by atoms with E-state index in [9.17, 15) is 4.79 Å².